The fourth-order valence-electron chi connectivity index (χ4n) is 6.65. The Morgan fingerprint density at radius 3 is 1.93 bits per heavy atom. The molecular formula is C35H41N4O4+. The van der Waals surface area contributed by atoms with E-state index >= 15 is 0 Å². The van der Waals surface area contributed by atoms with Crippen LogP contribution >= 0.6 is 0 Å². The Bertz CT molecular complexity index is 1900. The number of carbonyl (C=O) groups is 2. The number of carboxylic acid groups (broad SMARTS) is 2. The van der Waals surface area contributed by atoms with E-state index in [2.05, 4.69) is 67.5 Å². The molecule has 8 nitrogen and oxygen atoms in total. The van der Waals surface area contributed by atoms with E-state index in [0.717, 1.165) is 74.3 Å². The topological polar surface area (TPSA) is 123 Å². The molecular weight excluding hydrogens is 540 g/mol. The average Bonchev–Trinajstić information content (AvgIpc) is 3.59. The van der Waals surface area contributed by atoms with E-state index in [4.69, 9.17) is 4.98 Å². The summed E-state index contributed by atoms with van der Waals surface area (Å²) in [4.78, 5) is 35.5. The summed E-state index contributed by atoms with van der Waals surface area (Å²) < 4.78 is 2.23. The van der Waals surface area contributed by atoms with Gasteiger partial charge < -0.3 is 20.2 Å². The smallest absolute Gasteiger partial charge is 0.303 e. The van der Waals surface area contributed by atoms with Crippen LogP contribution in [0.3, 0.4) is 0 Å². The minimum atomic E-state index is -0.858. The van der Waals surface area contributed by atoms with E-state index < -0.39 is 11.9 Å². The molecule has 2 aliphatic rings. The third-order valence-electron chi connectivity index (χ3n) is 9.17. The molecule has 2 aliphatic heterocycles. The summed E-state index contributed by atoms with van der Waals surface area (Å²) in [7, 11) is 2.09. The molecule has 5 heterocycles. The van der Waals surface area contributed by atoms with E-state index in [0.29, 0.717) is 18.5 Å². The third kappa shape index (κ3) is 5.42. The first-order valence-electron chi connectivity index (χ1n) is 15.0. The van der Waals surface area contributed by atoms with Crippen LogP contribution < -0.4 is 4.57 Å². The zero-order valence-electron chi connectivity index (χ0n) is 26.2. The van der Waals surface area contributed by atoms with Crippen LogP contribution in [-0.2, 0) is 29.5 Å². The second kappa shape index (κ2) is 11.7. The largest absolute Gasteiger partial charge is 0.481 e. The molecule has 0 radical (unpaired) electrons. The highest BCUT2D eigenvalue weighted by atomic mass is 16.4. The second-order valence-corrected chi connectivity index (χ2v) is 11.6. The van der Waals surface area contributed by atoms with Crippen LogP contribution in [0.4, 0.5) is 0 Å². The zero-order chi connectivity index (χ0) is 31.2. The van der Waals surface area contributed by atoms with Crippen molar-refractivity contribution in [3.63, 3.8) is 0 Å². The minimum absolute atomic E-state index is 0.00216. The van der Waals surface area contributed by atoms with Gasteiger partial charge in [-0.1, -0.05) is 13.8 Å². The molecule has 0 aromatic carbocycles. The van der Waals surface area contributed by atoms with Gasteiger partial charge in [0.05, 0.1) is 11.4 Å². The summed E-state index contributed by atoms with van der Waals surface area (Å²) in [5.41, 5.74) is 16.3. The molecule has 0 spiro atoms. The SMILES string of the molecule is CCC1=C(C)c2cc3nc(cc4[nH]c(cc5[nH]c(cc1[n+]2C)c(C)c5CC)c(C)c4CCC(=O)O)C(CCC(=O)O)=C3C. The summed E-state index contributed by atoms with van der Waals surface area (Å²) in [5, 5.41) is 19.0. The number of rotatable bonds is 8. The molecule has 0 saturated carbocycles. The summed E-state index contributed by atoms with van der Waals surface area (Å²) in [5.74, 6) is -1.71. The number of carboxylic acids is 2. The maximum atomic E-state index is 11.6. The number of aromatic nitrogens is 4. The molecule has 8 bridgehead atoms. The lowest BCUT2D eigenvalue weighted by Gasteiger charge is -2.03. The predicted molar refractivity (Wildman–Crippen MR) is 171 cm³/mol. The van der Waals surface area contributed by atoms with Gasteiger partial charge in [0.15, 0.2) is 0 Å². The lowest BCUT2D eigenvalue weighted by Crippen LogP contribution is -2.32. The van der Waals surface area contributed by atoms with E-state index in [1.807, 2.05) is 19.9 Å². The number of fused-ring (bicyclic) bond motifs is 8. The van der Waals surface area contributed by atoms with Crippen LogP contribution in [0.2, 0.25) is 0 Å². The van der Waals surface area contributed by atoms with E-state index in [9.17, 15) is 19.8 Å². The summed E-state index contributed by atoms with van der Waals surface area (Å²) in [6.45, 7) is 12.7. The molecule has 5 rings (SSSR count). The monoisotopic (exact) mass is 581 g/mol. The maximum absolute atomic E-state index is 11.6. The van der Waals surface area contributed by atoms with Gasteiger partial charge in [0.25, 0.3) is 0 Å². The van der Waals surface area contributed by atoms with Gasteiger partial charge in [-0.2, -0.15) is 4.57 Å². The molecule has 224 valence electrons. The average molecular weight is 582 g/mol. The Labute approximate surface area is 251 Å². The van der Waals surface area contributed by atoms with Crippen molar-refractivity contribution in [3.05, 3.63) is 69.3 Å². The van der Waals surface area contributed by atoms with Gasteiger partial charge in [-0.15, -0.1) is 0 Å². The number of H-pyrrole nitrogens is 2. The van der Waals surface area contributed by atoms with Crippen LogP contribution in [0.5, 0.6) is 0 Å². The van der Waals surface area contributed by atoms with Crippen molar-refractivity contribution in [2.24, 2.45) is 7.05 Å². The van der Waals surface area contributed by atoms with Gasteiger partial charge >= 0.3 is 11.9 Å². The van der Waals surface area contributed by atoms with Crippen molar-refractivity contribution >= 4 is 56.3 Å². The number of aryl methyl sites for hydroxylation is 4. The fourth-order valence-corrected chi connectivity index (χ4v) is 6.65. The van der Waals surface area contributed by atoms with Crippen molar-refractivity contribution in [2.75, 3.05) is 0 Å². The molecule has 0 saturated heterocycles. The Balaban J connectivity index is 1.96. The molecule has 0 fully saturated rings. The first-order chi connectivity index (χ1) is 20.4. The second-order valence-electron chi connectivity index (χ2n) is 11.6. The number of allylic oxidation sites excluding steroid dienone is 4. The Kier molecular flexibility index (Phi) is 8.14. The number of hydrogen-bond acceptors (Lipinski definition) is 3. The number of hydrogen-bond donors (Lipinski definition) is 4. The standard InChI is InChI=1S/C35H40N4O4/c1-8-22-18(3)28-17-33-23(9-2)21(6)32(39(33)7)16-27-20(5)25(11-13-35(42)43)31(38-27)15-30-24(10-12-34(40)41)19(4)26(36-30)14-29(22)37-28/h14-17H,8-13H2,1-7H3,(H3,36,37,38,40,41,42,43)/p+1. The number of aliphatic carboxylic acids is 2. The van der Waals surface area contributed by atoms with Crippen LogP contribution in [0.1, 0.15) is 98.4 Å². The van der Waals surface area contributed by atoms with Crippen LogP contribution in [0.15, 0.2) is 24.3 Å². The summed E-state index contributed by atoms with van der Waals surface area (Å²) in [6.07, 6.45) is 2.48. The molecule has 8 heteroatoms. The highest BCUT2D eigenvalue weighted by Gasteiger charge is 2.28. The van der Waals surface area contributed by atoms with Crippen molar-refractivity contribution in [1.82, 2.24) is 15.0 Å². The van der Waals surface area contributed by atoms with Gasteiger partial charge in [-0.25, -0.2) is 4.98 Å². The van der Waals surface area contributed by atoms with E-state index in [1.54, 1.807) is 0 Å². The molecule has 4 N–H and O–H groups in total. The van der Waals surface area contributed by atoms with Crippen molar-refractivity contribution in [1.29, 1.82) is 0 Å². The van der Waals surface area contributed by atoms with Crippen LogP contribution in [-0.4, -0.2) is 37.1 Å². The first kappa shape index (κ1) is 30.0. The van der Waals surface area contributed by atoms with Crippen LogP contribution in [0.25, 0.3) is 44.4 Å². The number of aromatic amines is 2. The van der Waals surface area contributed by atoms with Crippen molar-refractivity contribution in [2.45, 2.75) is 80.1 Å². The quantitative estimate of drug-likeness (QED) is 0.212. The molecule has 0 unspecified atom stereocenters. The summed E-state index contributed by atoms with van der Waals surface area (Å²) >= 11 is 0. The van der Waals surface area contributed by atoms with E-state index in [-0.39, 0.29) is 12.8 Å². The predicted octanol–water partition coefficient (Wildman–Crippen LogP) is 7.08. The first-order valence-corrected chi connectivity index (χ1v) is 15.0. The number of nitrogens with zero attached hydrogens (tertiary/aromatic N) is 2. The van der Waals surface area contributed by atoms with Crippen LogP contribution in [0, 0.1) is 13.8 Å². The van der Waals surface area contributed by atoms with Crippen molar-refractivity contribution < 1.29 is 24.4 Å². The molecule has 43 heavy (non-hydrogen) atoms. The van der Waals surface area contributed by atoms with Gasteiger partial charge in [-0.3, -0.25) is 9.59 Å². The Hall–Kier alpha value is -4.46. The highest BCUT2D eigenvalue weighted by Crippen LogP contribution is 2.36. The lowest BCUT2D eigenvalue weighted by molar-refractivity contribution is -0.673. The fraction of sp³-hybridized carbons (Fsp3) is 0.371. The van der Waals surface area contributed by atoms with Crippen molar-refractivity contribution in [3.8, 4) is 0 Å². The van der Waals surface area contributed by atoms with Gasteiger partial charge in [-0.05, 0) is 98.9 Å². The Morgan fingerprint density at radius 2 is 1.30 bits per heavy atom. The number of nitrogens with one attached hydrogen (secondary N) is 2. The molecule has 3 aromatic heterocycles. The normalized spacial score (nSPS) is 13.3. The summed E-state index contributed by atoms with van der Waals surface area (Å²) in [6, 6.07) is 8.46. The minimum Gasteiger partial charge on any atom is -0.481 e. The zero-order valence-corrected chi connectivity index (χ0v) is 26.2. The van der Waals surface area contributed by atoms with E-state index in [1.165, 1.54) is 22.3 Å². The maximum Gasteiger partial charge on any atom is 0.303 e. The molecule has 0 amide bonds. The van der Waals surface area contributed by atoms with Gasteiger partial charge in [0, 0.05) is 58.2 Å². The molecule has 3 aromatic rings. The lowest BCUT2D eigenvalue weighted by atomic mass is 9.99. The Morgan fingerprint density at radius 1 is 0.698 bits per heavy atom. The van der Waals surface area contributed by atoms with Gasteiger partial charge in [0.2, 0.25) is 11.4 Å². The molecule has 0 aliphatic carbocycles. The molecule has 0 atom stereocenters. The highest BCUT2D eigenvalue weighted by molar-refractivity contribution is 5.95. The van der Waals surface area contributed by atoms with Gasteiger partial charge in [0.1, 0.15) is 7.05 Å². The third-order valence-corrected chi connectivity index (χ3v) is 9.17.